The molecule has 0 N–H and O–H groups in total. The Bertz CT molecular complexity index is 946. The summed E-state index contributed by atoms with van der Waals surface area (Å²) in [6.07, 6.45) is 0. The number of fused-ring (bicyclic) bond motifs is 3. The van der Waals surface area contributed by atoms with Crippen LogP contribution in [-0.4, -0.2) is 26.3 Å². The van der Waals surface area contributed by atoms with Crippen LogP contribution in [0.3, 0.4) is 0 Å². The highest BCUT2D eigenvalue weighted by Crippen LogP contribution is 2.47. The van der Waals surface area contributed by atoms with E-state index in [1.54, 1.807) is 12.1 Å². The molecule has 5 nitrogen and oxygen atoms in total. The Labute approximate surface area is 145 Å². The number of ether oxygens (including phenoxy) is 2. The summed E-state index contributed by atoms with van der Waals surface area (Å²) in [6.45, 7) is 7.78. The van der Waals surface area contributed by atoms with E-state index in [0.717, 1.165) is 11.1 Å². The number of nitriles is 1. The Kier molecular flexibility index (Phi) is 4.61. The lowest BCUT2D eigenvalue weighted by Crippen LogP contribution is -2.11. The maximum Gasteiger partial charge on any atom is 0.338 e. The minimum Gasteiger partial charge on any atom is -0.460 e. The highest BCUT2D eigenvalue weighted by molar-refractivity contribution is 6.10. The molecule has 0 fully saturated rings. The molecule has 3 rings (SSSR count). The third-order valence-electron chi connectivity index (χ3n) is 3.99. The average Bonchev–Trinajstić information content (AvgIpc) is 2.98. The third-order valence-corrected chi connectivity index (χ3v) is 3.99. The lowest BCUT2D eigenvalue weighted by atomic mass is 9.99. The fourth-order valence-corrected chi connectivity index (χ4v) is 2.97. The Morgan fingerprint density at radius 3 is 2.52 bits per heavy atom. The van der Waals surface area contributed by atoms with Crippen LogP contribution in [0.25, 0.3) is 21.5 Å². The lowest BCUT2D eigenvalue weighted by Gasteiger charge is -2.09. The van der Waals surface area contributed by atoms with Crippen LogP contribution in [0.1, 0.15) is 21.5 Å². The Hall–Kier alpha value is -3.41. The zero-order valence-electron chi connectivity index (χ0n) is 13.6. The van der Waals surface area contributed by atoms with E-state index in [1.807, 2.05) is 36.4 Å². The monoisotopic (exact) mass is 330 g/mol. The van der Waals surface area contributed by atoms with Crippen molar-refractivity contribution in [2.45, 2.75) is 0 Å². The molecule has 0 unspecified atom stereocenters. The van der Waals surface area contributed by atoms with Crippen LogP contribution < -0.4 is 0 Å². The molecule has 2 aromatic carbocycles. The van der Waals surface area contributed by atoms with Gasteiger partial charge in [-0.25, -0.2) is 14.9 Å². The summed E-state index contributed by atoms with van der Waals surface area (Å²) in [5, 5.41) is 9.33. The van der Waals surface area contributed by atoms with Gasteiger partial charge in [0.05, 0.1) is 24.8 Å². The smallest absolute Gasteiger partial charge is 0.338 e. The number of hydrogen-bond donors (Lipinski definition) is 0. The van der Waals surface area contributed by atoms with E-state index in [1.165, 1.54) is 7.11 Å². The number of rotatable bonds is 4. The van der Waals surface area contributed by atoms with E-state index in [-0.39, 0.29) is 12.3 Å². The Morgan fingerprint density at radius 2 is 1.84 bits per heavy atom. The summed E-state index contributed by atoms with van der Waals surface area (Å²) >= 11 is 0. The molecule has 0 aromatic heterocycles. The molecular weight excluding hydrogens is 316 g/mol. The van der Waals surface area contributed by atoms with Gasteiger partial charge in [-0.3, -0.25) is 0 Å². The van der Waals surface area contributed by atoms with Crippen LogP contribution in [0.15, 0.2) is 48.2 Å². The molecule has 0 saturated heterocycles. The standard InChI is InChI=1S/C20H14N2O3/c1-22-17(12-21)19-14-7-4-3-6-13(14)18-15(19)8-5-9-16(18)20(23)25-11-10-24-2/h3-9H,10-11H2,2H3. The molecular formula is C20H14N2O3. The molecule has 0 saturated carbocycles. The van der Waals surface area contributed by atoms with Crippen molar-refractivity contribution < 1.29 is 14.3 Å². The van der Waals surface area contributed by atoms with Crippen molar-refractivity contribution in [2.24, 2.45) is 0 Å². The first-order valence-electron chi connectivity index (χ1n) is 7.64. The van der Waals surface area contributed by atoms with Crippen molar-refractivity contribution in [3.63, 3.8) is 0 Å². The first kappa shape index (κ1) is 16.4. The number of allylic oxidation sites excluding steroid dienone is 1. The second-order valence-electron chi connectivity index (χ2n) is 5.35. The lowest BCUT2D eigenvalue weighted by molar-refractivity contribution is 0.0389. The van der Waals surface area contributed by atoms with Crippen molar-refractivity contribution in [2.75, 3.05) is 20.3 Å². The second-order valence-corrected chi connectivity index (χ2v) is 5.35. The zero-order valence-corrected chi connectivity index (χ0v) is 13.6. The Morgan fingerprint density at radius 1 is 1.12 bits per heavy atom. The molecule has 25 heavy (non-hydrogen) atoms. The van der Waals surface area contributed by atoms with Crippen molar-refractivity contribution in [3.05, 3.63) is 76.3 Å². The minimum atomic E-state index is -0.453. The van der Waals surface area contributed by atoms with Gasteiger partial charge in [0.25, 0.3) is 5.70 Å². The van der Waals surface area contributed by atoms with Crippen molar-refractivity contribution in [3.8, 4) is 17.2 Å². The van der Waals surface area contributed by atoms with Crippen LogP contribution in [0.5, 0.6) is 0 Å². The van der Waals surface area contributed by atoms with E-state index in [4.69, 9.17) is 16.0 Å². The summed E-state index contributed by atoms with van der Waals surface area (Å²) in [5.41, 5.74) is 4.00. The maximum absolute atomic E-state index is 12.5. The quantitative estimate of drug-likeness (QED) is 0.317. The number of carbonyl (C=O) groups is 1. The Balaban J connectivity index is 2.21. The fourth-order valence-electron chi connectivity index (χ4n) is 2.97. The van der Waals surface area contributed by atoms with E-state index >= 15 is 0 Å². The number of nitrogens with zero attached hydrogens (tertiary/aromatic N) is 2. The van der Waals surface area contributed by atoms with Gasteiger partial charge in [-0.1, -0.05) is 36.4 Å². The average molecular weight is 330 g/mol. The predicted molar refractivity (Wildman–Crippen MR) is 92.3 cm³/mol. The molecule has 122 valence electrons. The molecule has 0 bridgehead atoms. The van der Waals surface area contributed by atoms with Crippen LogP contribution in [0.2, 0.25) is 0 Å². The van der Waals surface area contributed by atoms with Gasteiger partial charge < -0.3 is 9.47 Å². The summed E-state index contributed by atoms with van der Waals surface area (Å²) in [7, 11) is 1.54. The third kappa shape index (κ3) is 2.78. The van der Waals surface area contributed by atoms with E-state index in [9.17, 15) is 10.1 Å². The highest BCUT2D eigenvalue weighted by atomic mass is 16.6. The molecule has 2 aromatic rings. The number of carbonyl (C=O) groups excluding carboxylic acids is 1. The van der Waals surface area contributed by atoms with Crippen molar-refractivity contribution >= 4 is 11.5 Å². The van der Waals surface area contributed by atoms with Gasteiger partial charge in [0.1, 0.15) is 6.61 Å². The molecule has 0 amide bonds. The van der Waals surface area contributed by atoms with Crippen LogP contribution in [-0.2, 0) is 9.47 Å². The topological polar surface area (TPSA) is 63.7 Å². The number of methoxy groups -OCH3 is 1. The van der Waals surface area contributed by atoms with Gasteiger partial charge in [0, 0.05) is 18.2 Å². The summed E-state index contributed by atoms with van der Waals surface area (Å²) in [4.78, 5) is 15.8. The van der Waals surface area contributed by atoms with Crippen LogP contribution in [0.4, 0.5) is 0 Å². The largest absolute Gasteiger partial charge is 0.460 e. The molecule has 1 aliphatic carbocycles. The number of hydrogen-bond acceptors (Lipinski definition) is 4. The normalized spacial score (nSPS) is 13.2. The van der Waals surface area contributed by atoms with Gasteiger partial charge >= 0.3 is 5.97 Å². The molecule has 0 heterocycles. The highest BCUT2D eigenvalue weighted by Gasteiger charge is 2.30. The van der Waals surface area contributed by atoms with Crippen molar-refractivity contribution in [1.82, 2.24) is 0 Å². The number of benzene rings is 2. The first-order valence-corrected chi connectivity index (χ1v) is 7.64. The van der Waals surface area contributed by atoms with Gasteiger partial charge in [-0.2, -0.15) is 0 Å². The van der Waals surface area contributed by atoms with Crippen molar-refractivity contribution in [1.29, 1.82) is 5.26 Å². The molecule has 0 spiro atoms. The van der Waals surface area contributed by atoms with E-state index in [2.05, 4.69) is 4.85 Å². The SMILES string of the molecule is [C-]#[N+]C(C#N)=C1c2ccccc2-c2c(C(=O)OCCOC)cccc21. The van der Waals surface area contributed by atoms with E-state index < -0.39 is 5.97 Å². The second kappa shape index (κ2) is 7.00. The number of esters is 1. The molecule has 0 atom stereocenters. The molecule has 5 heteroatoms. The van der Waals surface area contributed by atoms with Gasteiger partial charge in [-0.05, 0) is 22.8 Å². The maximum atomic E-state index is 12.5. The predicted octanol–water partition coefficient (Wildman–Crippen LogP) is 3.67. The van der Waals surface area contributed by atoms with Gasteiger partial charge in [-0.15, -0.1) is 0 Å². The van der Waals surface area contributed by atoms with Crippen LogP contribution >= 0.6 is 0 Å². The van der Waals surface area contributed by atoms with Crippen LogP contribution in [0, 0.1) is 17.9 Å². The van der Waals surface area contributed by atoms with Gasteiger partial charge in [0.2, 0.25) is 0 Å². The molecule has 0 radical (unpaired) electrons. The van der Waals surface area contributed by atoms with Gasteiger partial charge in [0.15, 0.2) is 0 Å². The zero-order chi connectivity index (χ0) is 17.8. The fraction of sp³-hybridized carbons (Fsp3) is 0.150. The molecule has 1 aliphatic rings. The summed E-state index contributed by atoms with van der Waals surface area (Å²) < 4.78 is 10.2. The van der Waals surface area contributed by atoms with E-state index in [0.29, 0.717) is 28.9 Å². The molecule has 0 aliphatic heterocycles. The summed E-state index contributed by atoms with van der Waals surface area (Å²) in [5.74, 6) is -0.453. The first-order chi connectivity index (χ1) is 12.2. The summed E-state index contributed by atoms with van der Waals surface area (Å²) in [6, 6.07) is 14.6. The minimum absolute atomic E-state index is 0.0103.